The van der Waals surface area contributed by atoms with Crippen molar-refractivity contribution in [2.24, 2.45) is 0 Å². The van der Waals surface area contributed by atoms with Gasteiger partial charge < -0.3 is 0 Å². The first-order valence-corrected chi connectivity index (χ1v) is 10.9. The van der Waals surface area contributed by atoms with Gasteiger partial charge in [-0.1, -0.05) is 18.2 Å². The van der Waals surface area contributed by atoms with Gasteiger partial charge in [-0.3, -0.25) is 0 Å². The summed E-state index contributed by atoms with van der Waals surface area (Å²) in [6.07, 6.45) is 0.449. The summed E-state index contributed by atoms with van der Waals surface area (Å²) >= 11 is 2.55. The smallest absolute Gasteiger partial charge is 0.210 e. The maximum absolute atomic E-state index is 13.9. The molecule has 4 aromatic rings. The molecule has 0 saturated heterocycles. The molecular formula is C16H13FN4O2S3. The molecule has 26 heavy (non-hydrogen) atoms. The van der Waals surface area contributed by atoms with Gasteiger partial charge in [0.2, 0.25) is 15.0 Å². The maximum atomic E-state index is 13.9. The average Bonchev–Trinajstić information content (AvgIpc) is 3.33. The topological polar surface area (TPSA) is 76.4 Å². The Hall–Kier alpha value is -2.14. The number of rotatable bonds is 6. The van der Waals surface area contributed by atoms with Gasteiger partial charge in [-0.05, 0) is 23.6 Å². The first-order valence-electron chi connectivity index (χ1n) is 7.66. The van der Waals surface area contributed by atoms with Gasteiger partial charge in [0.25, 0.3) is 0 Å². The monoisotopic (exact) mass is 408 g/mol. The van der Waals surface area contributed by atoms with E-state index >= 15 is 0 Å². The minimum atomic E-state index is -3.49. The van der Waals surface area contributed by atoms with Gasteiger partial charge in [-0.25, -0.2) is 22.0 Å². The lowest BCUT2D eigenvalue weighted by Crippen LogP contribution is -2.25. The summed E-state index contributed by atoms with van der Waals surface area (Å²) in [5, 5.41) is 7.96. The summed E-state index contributed by atoms with van der Waals surface area (Å²) in [6.45, 7) is 0.237. The molecule has 1 N–H and O–H groups in total. The Labute approximate surface area is 157 Å². The second-order valence-corrected chi connectivity index (χ2v) is 9.19. The molecule has 0 atom stereocenters. The molecule has 0 aliphatic heterocycles. The number of nitrogens with one attached hydrogen (secondary N) is 1. The van der Waals surface area contributed by atoms with E-state index in [1.807, 2.05) is 5.38 Å². The van der Waals surface area contributed by atoms with Crippen LogP contribution in [0.4, 0.5) is 4.39 Å². The van der Waals surface area contributed by atoms with Crippen LogP contribution in [-0.4, -0.2) is 29.6 Å². The minimum absolute atomic E-state index is 0.237. The second kappa shape index (κ2) is 6.88. The SMILES string of the molecule is O=S(=O)(NCCc1csc2nc(-c3ccccc3F)nn12)c1cccs1. The summed E-state index contributed by atoms with van der Waals surface area (Å²) in [5.41, 5.74) is 1.15. The van der Waals surface area contributed by atoms with Crippen molar-refractivity contribution in [2.45, 2.75) is 10.6 Å². The van der Waals surface area contributed by atoms with Gasteiger partial charge in [-0.15, -0.1) is 27.8 Å². The van der Waals surface area contributed by atoms with Crippen molar-refractivity contribution >= 4 is 37.7 Å². The number of fused-ring (bicyclic) bond motifs is 1. The molecule has 0 amide bonds. The van der Waals surface area contributed by atoms with Gasteiger partial charge in [0, 0.05) is 18.3 Å². The first kappa shape index (κ1) is 17.3. The number of hydrogen-bond acceptors (Lipinski definition) is 6. The number of benzene rings is 1. The molecule has 0 saturated carbocycles. The van der Waals surface area contributed by atoms with E-state index < -0.39 is 10.0 Å². The van der Waals surface area contributed by atoms with Crippen LogP contribution >= 0.6 is 22.7 Å². The van der Waals surface area contributed by atoms with E-state index in [9.17, 15) is 12.8 Å². The zero-order chi connectivity index (χ0) is 18.1. The van der Waals surface area contributed by atoms with Crippen LogP contribution in [0.5, 0.6) is 0 Å². The quantitative estimate of drug-likeness (QED) is 0.532. The van der Waals surface area contributed by atoms with Gasteiger partial charge in [0.05, 0.1) is 11.3 Å². The van der Waals surface area contributed by atoms with E-state index in [2.05, 4.69) is 14.8 Å². The molecule has 0 unspecified atom stereocenters. The molecule has 1 aromatic carbocycles. The number of halogens is 1. The predicted molar refractivity (Wildman–Crippen MR) is 99.5 cm³/mol. The molecule has 3 aromatic heterocycles. The molecule has 134 valence electrons. The van der Waals surface area contributed by atoms with Crippen LogP contribution in [0.3, 0.4) is 0 Å². The van der Waals surface area contributed by atoms with Crippen LogP contribution in [0.1, 0.15) is 5.69 Å². The fourth-order valence-corrected chi connectivity index (χ4v) is 5.38. The fraction of sp³-hybridized carbons (Fsp3) is 0.125. The summed E-state index contributed by atoms with van der Waals surface area (Å²) in [7, 11) is -3.49. The third kappa shape index (κ3) is 3.28. The summed E-state index contributed by atoms with van der Waals surface area (Å²) in [4.78, 5) is 4.99. The van der Waals surface area contributed by atoms with E-state index in [4.69, 9.17) is 0 Å². The molecule has 0 spiro atoms. The number of thiazole rings is 1. The Morgan fingerprint density at radius 2 is 2.00 bits per heavy atom. The standard InChI is InChI=1S/C16H13FN4O2S3/c17-13-5-2-1-4-12(13)15-19-16-21(20-15)11(10-25-16)7-8-18-26(22,23)14-6-3-9-24-14/h1-6,9-10,18H,7-8H2. The third-order valence-electron chi connectivity index (χ3n) is 3.70. The molecule has 0 aliphatic carbocycles. The lowest BCUT2D eigenvalue weighted by Gasteiger charge is -2.03. The number of sulfonamides is 1. The minimum Gasteiger partial charge on any atom is -0.210 e. The van der Waals surface area contributed by atoms with Crippen LogP contribution in [0.2, 0.25) is 0 Å². The Morgan fingerprint density at radius 3 is 2.77 bits per heavy atom. The normalized spacial score (nSPS) is 12.0. The van der Waals surface area contributed by atoms with Crippen molar-refractivity contribution in [3.8, 4) is 11.4 Å². The van der Waals surface area contributed by atoms with E-state index in [0.29, 0.717) is 22.8 Å². The average molecular weight is 409 g/mol. The van der Waals surface area contributed by atoms with E-state index in [1.165, 1.54) is 28.7 Å². The van der Waals surface area contributed by atoms with Gasteiger partial charge in [0.1, 0.15) is 10.0 Å². The lowest BCUT2D eigenvalue weighted by atomic mass is 10.2. The number of nitrogens with zero attached hydrogens (tertiary/aromatic N) is 3. The van der Waals surface area contributed by atoms with Crippen LogP contribution in [0.25, 0.3) is 16.3 Å². The highest BCUT2D eigenvalue weighted by molar-refractivity contribution is 7.91. The maximum Gasteiger partial charge on any atom is 0.250 e. The van der Waals surface area contributed by atoms with Crippen molar-refractivity contribution in [2.75, 3.05) is 6.54 Å². The third-order valence-corrected chi connectivity index (χ3v) is 7.42. The first-order chi connectivity index (χ1) is 12.5. The van der Waals surface area contributed by atoms with Crippen molar-refractivity contribution in [1.29, 1.82) is 0 Å². The van der Waals surface area contributed by atoms with Gasteiger partial charge >= 0.3 is 0 Å². The molecular weight excluding hydrogens is 395 g/mol. The Bertz CT molecular complexity index is 1150. The van der Waals surface area contributed by atoms with E-state index in [-0.39, 0.29) is 16.6 Å². The summed E-state index contributed by atoms with van der Waals surface area (Å²) < 4.78 is 42.7. The summed E-state index contributed by atoms with van der Waals surface area (Å²) in [5.74, 6) is -0.0635. The molecule has 10 heteroatoms. The van der Waals surface area contributed by atoms with Crippen LogP contribution < -0.4 is 4.72 Å². The Morgan fingerprint density at radius 1 is 1.15 bits per heavy atom. The molecule has 0 bridgehead atoms. The van der Waals surface area contributed by atoms with Gasteiger partial charge in [0.15, 0.2) is 5.82 Å². The number of aromatic nitrogens is 3. The zero-order valence-electron chi connectivity index (χ0n) is 13.3. The van der Waals surface area contributed by atoms with Crippen LogP contribution in [0, 0.1) is 5.82 Å². The van der Waals surface area contributed by atoms with Crippen molar-refractivity contribution < 1.29 is 12.8 Å². The van der Waals surface area contributed by atoms with Crippen molar-refractivity contribution in [3.63, 3.8) is 0 Å². The zero-order valence-corrected chi connectivity index (χ0v) is 15.7. The highest BCUT2D eigenvalue weighted by Gasteiger charge is 2.16. The lowest BCUT2D eigenvalue weighted by molar-refractivity contribution is 0.583. The molecule has 0 radical (unpaired) electrons. The predicted octanol–water partition coefficient (Wildman–Crippen LogP) is 3.18. The molecule has 0 aliphatic rings. The highest BCUT2D eigenvalue weighted by atomic mass is 32.2. The van der Waals surface area contributed by atoms with Crippen molar-refractivity contribution in [3.05, 3.63) is 58.7 Å². The number of hydrogen-bond donors (Lipinski definition) is 1. The highest BCUT2D eigenvalue weighted by Crippen LogP contribution is 2.23. The fourth-order valence-electron chi connectivity index (χ4n) is 2.45. The van der Waals surface area contributed by atoms with Crippen LogP contribution in [0.15, 0.2) is 51.4 Å². The van der Waals surface area contributed by atoms with E-state index in [0.717, 1.165) is 5.69 Å². The molecule has 4 rings (SSSR count). The summed E-state index contributed by atoms with van der Waals surface area (Å²) in [6, 6.07) is 9.60. The van der Waals surface area contributed by atoms with Gasteiger partial charge in [-0.2, -0.15) is 4.98 Å². The van der Waals surface area contributed by atoms with E-state index in [1.54, 1.807) is 40.2 Å². The number of thiophene rings is 1. The molecule has 6 nitrogen and oxygen atoms in total. The molecule has 3 heterocycles. The Balaban J connectivity index is 1.52. The van der Waals surface area contributed by atoms with Crippen LogP contribution in [-0.2, 0) is 16.4 Å². The Kier molecular flexibility index (Phi) is 4.57. The second-order valence-electron chi connectivity index (χ2n) is 5.42. The largest absolute Gasteiger partial charge is 0.250 e. The van der Waals surface area contributed by atoms with Crippen molar-refractivity contribution in [1.82, 2.24) is 19.3 Å². The molecule has 0 fully saturated rings.